The molecule has 0 heterocycles. The summed E-state index contributed by atoms with van der Waals surface area (Å²) < 4.78 is 16.4. The van der Waals surface area contributed by atoms with Crippen molar-refractivity contribution in [3.05, 3.63) is 23.8 Å². The maximum absolute atomic E-state index is 9.72. The third kappa shape index (κ3) is 5.80. The van der Waals surface area contributed by atoms with Gasteiger partial charge in [0, 0.05) is 18.2 Å². The molecule has 20 heavy (non-hydrogen) atoms. The van der Waals surface area contributed by atoms with Crippen molar-refractivity contribution in [1.82, 2.24) is 0 Å². The fourth-order valence-electron chi connectivity index (χ4n) is 1.74. The molecule has 0 fully saturated rings. The van der Waals surface area contributed by atoms with E-state index in [1.807, 2.05) is 12.1 Å². The van der Waals surface area contributed by atoms with Crippen LogP contribution in [0.15, 0.2) is 18.2 Å². The van der Waals surface area contributed by atoms with Crippen LogP contribution in [0.4, 0.5) is 0 Å². The Hall–Kier alpha value is -1.26. The zero-order chi connectivity index (χ0) is 15.0. The predicted octanol–water partition coefficient (Wildman–Crippen LogP) is 3.19. The van der Waals surface area contributed by atoms with Crippen LogP contribution in [0.25, 0.3) is 0 Å². The lowest BCUT2D eigenvalue weighted by Gasteiger charge is -2.15. The molecule has 1 atom stereocenters. The Labute approximate surface area is 121 Å². The van der Waals surface area contributed by atoms with Gasteiger partial charge in [-0.15, -0.1) is 0 Å². The van der Waals surface area contributed by atoms with Crippen molar-refractivity contribution >= 4 is 0 Å². The van der Waals surface area contributed by atoms with Crippen molar-refractivity contribution in [3.8, 4) is 11.5 Å². The molecule has 0 aliphatic carbocycles. The first-order valence-corrected chi connectivity index (χ1v) is 7.11. The van der Waals surface area contributed by atoms with Crippen LogP contribution in [0.3, 0.4) is 0 Å². The van der Waals surface area contributed by atoms with Gasteiger partial charge in [0.15, 0.2) is 0 Å². The van der Waals surface area contributed by atoms with Crippen LogP contribution in [-0.4, -0.2) is 32.0 Å². The Balaban J connectivity index is 2.45. The van der Waals surface area contributed by atoms with Gasteiger partial charge in [0.25, 0.3) is 0 Å². The number of hydrogen-bond acceptors (Lipinski definition) is 4. The highest BCUT2D eigenvalue weighted by molar-refractivity contribution is 5.41. The van der Waals surface area contributed by atoms with Crippen LogP contribution in [-0.2, 0) is 4.74 Å². The highest BCUT2D eigenvalue weighted by Crippen LogP contribution is 2.29. The summed E-state index contributed by atoms with van der Waals surface area (Å²) >= 11 is 0. The number of rotatable bonds is 9. The van der Waals surface area contributed by atoms with Gasteiger partial charge in [-0.05, 0) is 31.4 Å². The molecule has 0 saturated carbocycles. The minimum atomic E-state index is -0.572. The Kier molecular flexibility index (Phi) is 7.41. The summed E-state index contributed by atoms with van der Waals surface area (Å²) in [5.74, 6) is 2.01. The van der Waals surface area contributed by atoms with E-state index in [-0.39, 0.29) is 0 Å². The normalized spacial score (nSPS) is 12.5. The lowest BCUT2D eigenvalue weighted by Crippen LogP contribution is -2.10. The smallest absolute Gasteiger partial charge is 0.128 e. The molecule has 0 spiro atoms. The molecule has 0 saturated heterocycles. The van der Waals surface area contributed by atoms with Crippen molar-refractivity contribution in [2.75, 3.05) is 26.9 Å². The zero-order valence-corrected chi connectivity index (χ0v) is 12.9. The molecule has 1 aromatic carbocycles. The molecule has 4 nitrogen and oxygen atoms in total. The second-order valence-electron chi connectivity index (χ2n) is 5.22. The van der Waals surface area contributed by atoms with Gasteiger partial charge in [-0.2, -0.15) is 0 Å². The molecule has 1 N–H and O–H groups in total. The molecular formula is C16H26O4. The van der Waals surface area contributed by atoms with Crippen molar-refractivity contribution in [2.45, 2.75) is 33.3 Å². The van der Waals surface area contributed by atoms with Gasteiger partial charge in [0.2, 0.25) is 0 Å². The topological polar surface area (TPSA) is 47.9 Å². The minimum absolute atomic E-state index is 0.463. The van der Waals surface area contributed by atoms with Crippen molar-refractivity contribution in [1.29, 1.82) is 0 Å². The summed E-state index contributed by atoms with van der Waals surface area (Å²) in [6.07, 6.45) is 0.482. The van der Waals surface area contributed by atoms with Gasteiger partial charge in [-0.1, -0.05) is 13.8 Å². The molecule has 0 amide bonds. The largest absolute Gasteiger partial charge is 0.497 e. The van der Waals surface area contributed by atoms with E-state index in [0.717, 1.165) is 18.6 Å². The molecule has 4 heteroatoms. The van der Waals surface area contributed by atoms with Gasteiger partial charge in [0.05, 0.1) is 19.8 Å². The third-order valence-electron chi connectivity index (χ3n) is 3.00. The molecule has 0 bridgehead atoms. The molecule has 114 valence electrons. The maximum atomic E-state index is 9.72. The molecule has 0 aliphatic rings. The Morgan fingerprint density at radius 3 is 2.45 bits per heavy atom. The summed E-state index contributed by atoms with van der Waals surface area (Å²) in [6.45, 7) is 7.82. The zero-order valence-electron chi connectivity index (χ0n) is 12.9. The first-order valence-electron chi connectivity index (χ1n) is 7.11. The molecule has 1 rings (SSSR count). The number of methoxy groups -OCH3 is 1. The molecule has 1 unspecified atom stereocenters. The van der Waals surface area contributed by atoms with Gasteiger partial charge < -0.3 is 19.3 Å². The first kappa shape index (κ1) is 16.8. The Morgan fingerprint density at radius 1 is 1.10 bits per heavy atom. The number of aliphatic hydroxyl groups is 1. The second kappa shape index (κ2) is 8.82. The van der Waals surface area contributed by atoms with Crippen molar-refractivity contribution < 1.29 is 19.3 Å². The van der Waals surface area contributed by atoms with Crippen LogP contribution in [0.2, 0.25) is 0 Å². The molecular weight excluding hydrogens is 256 g/mol. The van der Waals surface area contributed by atoms with Crippen LogP contribution in [0.5, 0.6) is 11.5 Å². The molecule has 0 aromatic heterocycles. The van der Waals surface area contributed by atoms with Crippen LogP contribution in [0.1, 0.15) is 38.9 Å². The van der Waals surface area contributed by atoms with E-state index in [1.165, 1.54) is 0 Å². The standard InChI is InChI=1S/C16H26O4/c1-12(2)7-8-19-9-10-20-16-11-14(18-4)5-6-15(16)13(3)17/h5-6,11-13,17H,7-10H2,1-4H3. The Bertz CT molecular complexity index is 388. The highest BCUT2D eigenvalue weighted by atomic mass is 16.5. The molecule has 0 radical (unpaired) electrons. The maximum Gasteiger partial charge on any atom is 0.128 e. The molecule has 1 aromatic rings. The quantitative estimate of drug-likeness (QED) is 0.707. The van der Waals surface area contributed by atoms with Gasteiger partial charge >= 0.3 is 0 Å². The van der Waals surface area contributed by atoms with E-state index in [0.29, 0.717) is 30.6 Å². The van der Waals surface area contributed by atoms with Gasteiger partial charge in [-0.3, -0.25) is 0 Å². The second-order valence-corrected chi connectivity index (χ2v) is 5.22. The number of aliphatic hydroxyl groups excluding tert-OH is 1. The van der Waals surface area contributed by atoms with Crippen molar-refractivity contribution in [2.24, 2.45) is 5.92 Å². The number of ether oxygens (including phenoxy) is 3. The fraction of sp³-hybridized carbons (Fsp3) is 0.625. The van der Waals surface area contributed by atoms with Crippen LogP contribution < -0.4 is 9.47 Å². The predicted molar refractivity (Wildman–Crippen MR) is 79.4 cm³/mol. The van der Waals surface area contributed by atoms with Crippen molar-refractivity contribution in [3.63, 3.8) is 0 Å². The van der Waals surface area contributed by atoms with E-state index >= 15 is 0 Å². The highest BCUT2D eigenvalue weighted by Gasteiger charge is 2.10. The van der Waals surface area contributed by atoms with Gasteiger partial charge in [-0.25, -0.2) is 0 Å². The lowest BCUT2D eigenvalue weighted by molar-refractivity contribution is 0.0908. The summed E-state index contributed by atoms with van der Waals surface area (Å²) in [4.78, 5) is 0. The first-order chi connectivity index (χ1) is 9.54. The average Bonchev–Trinajstić information content (AvgIpc) is 2.41. The third-order valence-corrected chi connectivity index (χ3v) is 3.00. The summed E-state index contributed by atoms with van der Waals surface area (Å²) in [6, 6.07) is 5.42. The van der Waals surface area contributed by atoms with Crippen LogP contribution in [0, 0.1) is 5.92 Å². The van der Waals surface area contributed by atoms with E-state index in [9.17, 15) is 5.11 Å². The monoisotopic (exact) mass is 282 g/mol. The minimum Gasteiger partial charge on any atom is -0.497 e. The van der Waals surface area contributed by atoms with E-state index < -0.39 is 6.10 Å². The average molecular weight is 282 g/mol. The summed E-state index contributed by atoms with van der Waals surface area (Å²) in [5, 5.41) is 9.72. The SMILES string of the molecule is COc1ccc(C(C)O)c(OCCOCCC(C)C)c1. The summed E-state index contributed by atoms with van der Waals surface area (Å²) in [5.41, 5.74) is 0.757. The molecule has 0 aliphatic heterocycles. The van der Waals surface area contributed by atoms with Gasteiger partial charge in [0.1, 0.15) is 18.1 Å². The van der Waals surface area contributed by atoms with E-state index in [4.69, 9.17) is 14.2 Å². The lowest BCUT2D eigenvalue weighted by atomic mass is 10.1. The van der Waals surface area contributed by atoms with E-state index in [2.05, 4.69) is 13.8 Å². The fourth-order valence-corrected chi connectivity index (χ4v) is 1.74. The number of hydrogen-bond donors (Lipinski definition) is 1. The van der Waals surface area contributed by atoms with E-state index in [1.54, 1.807) is 20.1 Å². The van der Waals surface area contributed by atoms with Crippen LogP contribution >= 0.6 is 0 Å². The number of benzene rings is 1. The Morgan fingerprint density at radius 2 is 1.85 bits per heavy atom. The summed E-state index contributed by atoms with van der Waals surface area (Å²) in [7, 11) is 1.61.